The average Bonchev–Trinajstić information content (AvgIpc) is 2.59. The topological polar surface area (TPSA) is 64.6 Å². The molecule has 0 aromatic heterocycles. The second-order valence-corrected chi connectivity index (χ2v) is 9.29. The highest BCUT2D eigenvalue weighted by Crippen LogP contribution is 2.13. The molecule has 0 aromatic carbocycles. The van der Waals surface area contributed by atoms with Gasteiger partial charge in [0.15, 0.2) is 0 Å². The normalized spacial score (nSPS) is 12.1. The zero-order valence-electron chi connectivity index (χ0n) is 17.2. The fourth-order valence-electron chi connectivity index (χ4n) is 2.11. The Bertz CT molecular complexity index is 364. The van der Waals surface area contributed by atoms with Crippen LogP contribution in [-0.2, 0) is 31.0 Å². The predicted octanol–water partition coefficient (Wildman–Crippen LogP) is 2.92. The van der Waals surface area contributed by atoms with Gasteiger partial charge in [0.1, 0.15) is 0 Å². The van der Waals surface area contributed by atoms with Crippen molar-refractivity contribution in [2.75, 3.05) is 46.2 Å². The lowest BCUT2D eigenvalue weighted by Crippen LogP contribution is -2.49. The summed E-state index contributed by atoms with van der Waals surface area (Å²) < 4.78 is 39.9. The summed E-state index contributed by atoms with van der Waals surface area (Å²) in [6.45, 7) is 14.9. The molecule has 0 atom stereocenters. The molecule has 0 bridgehead atoms. The van der Waals surface area contributed by atoms with Crippen molar-refractivity contribution >= 4 is 17.9 Å². The van der Waals surface area contributed by atoms with Crippen LogP contribution in [0.4, 0.5) is 0 Å². The molecular weight excluding hydrogens is 372 g/mol. The van der Waals surface area contributed by atoms with E-state index in [1.807, 2.05) is 41.5 Å². The summed E-state index contributed by atoms with van der Waals surface area (Å²) in [5.41, 5.74) is 3.09. The van der Waals surface area contributed by atoms with E-state index in [0.29, 0.717) is 52.7 Å². The molecule has 0 aliphatic heterocycles. The molecule has 7 nitrogen and oxygen atoms in total. The third-order valence-electron chi connectivity index (χ3n) is 2.93. The Hall–Kier alpha value is -0.286. The van der Waals surface area contributed by atoms with Crippen molar-refractivity contribution in [3.63, 3.8) is 0 Å². The van der Waals surface area contributed by atoms with Crippen molar-refractivity contribution < 1.29 is 31.0 Å². The molecule has 9 heteroatoms. The van der Waals surface area contributed by atoms with Crippen LogP contribution in [0.3, 0.4) is 0 Å². The number of hydrogen-bond donors (Lipinski definition) is 0. The van der Waals surface area contributed by atoms with Crippen LogP contribution < -0.4 is 0 Å². The van der Waals surface area contributed by atoms with E-state index in [2.05, 4.69) is 11.5 Å². The van der Waals surface area contributed by atoms with Gasteiger partial charge in [-0.3, -0.25) is 0 Å². The Balaban J connectivity index is 4.63. The van der Waals surface area contributed by atoms with Crippen LogP contribution in [0.1, 0.15) is 54.4 Å². The SMILES string of the molecule is CCO[Si](C#CCCCO[Si](OCC)(OCC)OCC)(OCC)OCC. The van der Waals surface area contributed by atoms with E-state index in [9.17, 15) is 0 Å². The molecule has 0 unspecified atom stereocenters. The van der Waals surface area contributed by atoms with Crippen LogP contribution in [0.2, 0.25) is 0 Å². The Morgan fingerprint density at radius 3 is 1.38 bits per heavy atom. The predicted molar refractivity (Wildman–Crippen MR) is 104 cm³/mol. The van der Waals surface area contributed by atoms with Gasteiger partial charge in [-0.2, -0.15) is 0 Å². The summed E-state index contributed by atoms with van der Waals surface area (Å²) in [7, 11) is -5.94. The fourth-order valence-corrected chi connectivity index (χ4v) is 6.02. The summed E-state index contributed by atoms with van der Waals surface area (Å²) in [5.74, 6) is 3.11. The van der Waals surface area contributed by atoms with Gasteiger partial charge in [-0.05, 0) is 53.5 Å². The Morgan fingerprint density at radius 1 is 0.577 bits per heavy atom. The molecular formula is C17H36O7Si2. The summed E-state index contributed by atoms with van der Waals surface area (Å²) in [6.07, 6.45) is 1.36. The minimum absolute atomic E-state index is 0.452. The lowest BCUT2D eigenvalue weighted by atomic mass is 10.3. The maximum atomic E-state index is 5.85. The molecule has 0 heterocycles. The van der Waals surface area contributed by atoms with Gasteiger partial charge >= 0.3 is 17.9 Å². The smallest absolute Gasteiger partial charge is 0.364 e. The van der Waals surface area contributed by atoms with Gasteiger partial charge in [-0.15, -0.1) is 5.92 Å². The van der Waals surface area contributed by atoms with Crippen molar-refractivity contribution in [3.05, 3.63) is 0 Å². The van der Waals surface area contributed by atoms with Crippen LogP contribution in [0, 0.1) is 11.5 Å². The molecule has 26 heavy (non-hydrogen) atoms. The molecule has 0 saturated heterocycles. The van der Waals surface area contributed by atoms with E-state index >= 15 is 0 Å². The molecule has 0 spiro atoms. The summed E-state index contributed by atoms with van der Waals surface area (Å²) in [4.78, 5) is 0. The average molecular weight is 409 g/mol. The van der Waals surface area contributed by atoms with E-state index in [-0.39, 0.29) is 0 Å². The monoisotopic (exact) mass is 408 g/mol. The van der Waals surface area contributed by atoms with Gasteiger partial charge in [0, 0.05) is 52.7 Å². The molecule has 0 N–H and O–H groups in total. The van der Waals surface area contributed by atoms with Crippen LogP contribution in [0.15, 0.2) is 0 Å². The van der Waals surface area contributed by atoms with Crippen LogP contribution in [0.5, 0.6) is 0 Å². The molecule has 0 aliphatic carbocycles. The van der Waals surface area contributed by atoms with Crippen molar-refractivity contribution in [1.29, 1.82) is 0 Å². The largest absolute Gasteiger partial charge is 0.679 e. The van der Waals surface area contributed by atoms with E-state index in [0.717, 1.165) is 6.42 Å². The van der Waals surface area contributed by atoms with E-state index in [1.165, 1.54) is 0 Å². The second kappa shape index (κ2) is 15.7. The van der Waals surface area contributed by atoms with E-state index in [1.54, 1.807) is 0 Å². The maximum Gasteiger partial charge on any atom is 0.679 e. The zero-order chi connectivity index (χ0) is 19.7. The Morgan fingerprint density at radius 2 is 1.00 bits per heavy atom. The number of rotatable bonds is 16. The fraction of sp³-hybridized carbons (Fsp3) is 0.882. The highest BCUT2D eigenvalue weighted by Gasteiger charge is 2.44. The molecule has 0 amide bonds. The molecule has 0 radical (unpaired) electrons. The van der Waals surface area contributed by atoms with Gasteiger partial charge in [-0.25, -0.2) is 0 Å². The third kappa shape index (κ3) is 10.2. The van der Waals surface area contributed by atoms with E-state index in [4.69, 9.17) is 31.0 Å². The van der Waals surface area contributed by atoms with Crippen molar-refractivity contribution in [3.8, 4) is 11.5 Å². The molecule has 0 aliphatic rings. The molecule has 0 saturated carbocycles. The maximum absolute atomic E-state index is 5.85. The Kier molecular flexibility index (Phi) is 15.6. The number of unbranched alkanes of at least 4 members (excludes halogenated alkanes) is 1. The van der Waals surface area contributed by atoms with Crippen LogP contribution in [0.25, 0.3) is 0 Å². The quantitative estimate of drug-likeness (QED) is 0.221. The second-order valence-electron chi connectivity index (χ2n) is 4.91. The highest BCUT2D eigenvalue weighted by molar-refractivity contribution is 6.69. The van der Waals surface area contributed by atoms with Gasteiger partial charge in [0.05, 0.1) is 0 Å². The molecule has 0 aromatic rings. The summed E-state index contributed by atoms with van der Waals surface area (Å²) >= 11 is 0. The van der Waals surface area contributed by atoms with Crippen molar-refractivity contribution in [2.24, 2.45) is 0 Å². The van der Waals surface area contributed by atoms with Gasteiger partial charge in [-0.1, -0.05) is 0 Å². The van der Waals surface area contributed by atoms with Gasteiger partial charge < -0.3 is 31.0 Å². The molecule has 0 rings (SSSR count). The first-order valence-corrected chi connectivity index (χ1v) is 12.9. The standard InChI is InChI=1S/C17H36O7Si2/c1-7-18-25(19-8-2,20-9-3)17-15-13-14-16-24-26(21-10-4,22-11-5)23-12-6/h7-14,16H2,1-6H3. The lowest BCUT2D eigenvalue weighted by Gasteiger charge is -2.26. The summed E-state index contributed by atoms with van der Waals surface area (Å²) in [5, 5.41) is 0. The minimum atomic E-state index is -3.04. The summed E-state index contributed by atoms with van der Waals surface area (Å²) in [6, 6.07) is 0. The highest BCUT2D eigenvalue weighted by atomic mass is 28.4. The van der Waals surface area contributed by atoms with Crippen LogP contribution in [-0.4, -0.2) is 64.1 Å². The minimum Gasteiger partial charge on any atom is -0.364 e. The van der Waals surface area contributed by atoms with Crippen molar-refractivity contribution in [1.82, 2.24) is 0 Å². The van der Waals surface area contributed by atoms with Gasteiger partial charge in [0.25, 0.3) is 0 Å². The van der Waals surface area contributed by atoms with E-state index < -0.39 is 17.9 Å². The van der Waals surface area contributed by atoms with Gasteiger partial charge in [0.2, 0.25) is 0 Å². The molecule has 154 valence electrons. The first kappa shape index (κ1) is 25.7. The Labute approximate surface area is 161 Å². The number of hydrogen-bond acceptors (Lipinski definition) is 7. The molecule has 0 fully saturated rings. The lowest BCUT2D eigenvalue weighted by molar-refractivity contribution is -0.0276. The first-order valence-electron chi connectivity index (χ1n) is 9.55. The van der Waals surface area contributed by atoms with Crippen LogP contribution >= 0.6 is 0 Å². The first-order chi connectivity index (χ1) is 12.6. The van der Waals surface area contributed by atoms with Crippen molar-refractivity contribution in [2.45, 2.75) is 54.4 Å². The zero-order valence-corrected chi connectivity index (χ0v) is 19.2. The third-order valence-corrected chi connectivity index (χ3v) is 7.91.